The van der Waals surface area contributed by atoms with Gasteiger partial charge in [0.2, 0.25) is 0 Å². The van der Waals surface area contributed by atoms with E-state index in [4.69, 9.17) is 16.3 Å². The van der Waals surface area contributed by atoms with E-state index in [9.17, 15) is 14.9 Å². The molecule has 8 nitrogen and oxygen atoms in total. The molecule has 1 aromatic heterocycles. The molecule has 0 spiro atoms. The van der Waals surface area contributed by atoms with Crippen molar-refractivity contribution in [1.82, 2.24) is 10.3 Å². The van der Waals surface area contributed by atoms with E-state index in [1.54, 1.807) is 20.8 Å². The van der Waals surface area contributed by atoms with Crippen molar-refractivity contribution in [3.8, 4) is 0 Å². The molecule has 1 N–H and O–H groups in total. The van der Waals surface area contributed by atoms with Crippen molar-refractivity contribution in [3.63, 3.8) is 0 Å². The van der Waals surface area contributed by atoms with Crippen LogP contribution in [0.15, 0.2) is 12.3 Å². The Morgan fingerprint density at radius 3 is 2.83 bits per heavy atom. The summed E-state index contributed by atoms with van der Waals surface area (Å²) < 4.78 is 5.22. The number of alkyl carbamates (subject to hydrolysis) is 1. The van der Waals surface area contributed by atoms with Gasteiger partial charge in [-0.3, -0.25) is 10.1 Å². The van der Waals surface area contributed by atoms with E-state index in [1.165, 1.54) is 12.3 Å². The van der Waals surface area contributed by atoms with E-state index >= 15 is 0 Å². The first-order valence-corrected chi connectivity index (χ1v) is 7.58. The summed E-state index contributed by atoms with van der Waals surface area (Å²) in [4.78, 5) is 27.9. The standard InChI is InChI=1S/C14H19ClN4O4/c1-14(2,3)23-13(20)17-9-4-5-18(8-9)12-11(15)6-10(7-16-12)19(21)22/h6-7,9H,4-5,8H2,1-3H3,(H,17,20)/t9-/m0/s1. The summed E-state index contributed by atoms with van der Waals surface area (Å²) in [6.45, 7) is 6.56. The smallest absolute Gasteiger partial charge is 0.407 e. The van der Waals surface area contributed by atoms with E-state index in [-0.39, 0.29) is 16.8 Å². The number of hydrogen-bond acceptors (Lipinski definition) is 6. The Morgan fingerprint density at radius 1 is 1.57 bits per heavy atom. The number of nitrogens with zero attached hydrogens (tertiary/aromatic N) is 3. The number of amides is 1. The molecule has 1 saturated heterocycles. The first kappa shape index (κ1) is 17.3. The molecule has 2 heterocycles. The second-order valence-electron chi connectivity index (χ2n) is 6.33. The SMILES string of the molecule is CC(C)(C)OC(=O)N[C@H]1CCN(c2ncc([N+](=O)[O-])cc2Cl)C1. The third kappa shape index (κ3) is 4.69. The lowest BCUT2D eigenvalue weighted by atomic mass is 10.2. The van der Waals surface area contributed by atoms with E-state index in [2.05, 4.69) is 10.3 Å². The van der Waals surface area contributed by atoms with Crippen molar-refractivity contribution in [2.45, 2.75) is 38.8 Å². The summed E-state index contributed by atoms with van der Waals surface area (Å²) in [5.41, 5.74) is -0.701. The topological polar surface area (TPSA) is 97.6 Å². The molecule has 2 rings (SSSR count). The molecular formula is C14H19ClN4O4. The van der Waals surface area contributed by atoms with Crippen molar-refractivity contribution in [2.24, 2.45) is 0 Å². The minimum absolute atomic E-state index is 0.0853. The van der Waals surface area contributed by atoms with Crippen LogP contribution in [0.1, 0.15) is 27.2 Å². The van der Waals surface area contributed by atoms with Crippen LogP contribution in [0.5, 0.6) is 0 Å². The molecule has 0 radical (unpaired) electrons. The molecule has 1 aromatic rings. The Balaban J connectivity index is 1.97. The number of halogens is 1. The van der Waals surface area contributed by atoms with Gasteiger partial charge >= 0.3 is 6.09 Å². The number of rotatable bonds is 3. The fourth-order valence-corrected chi connectivity index (χ4v) is 2.58. The average molecular weight is 343 g/mol. The highest BCUT2D eigenvalue weighted by Gasteiger charge is 2.28. The fraction of sp³-hybridized carbons (Fsp3) is 0.571. The van der Waals surface area contributed by atoms with E-state index < -0.39 is 16.6 Å². The van der Waals surface area contributed by atoms with Gasteiger partial charge in [0.1, 0.15) is 17.6 Å². The molecule has 0 saturated carbocycles. The van der Waals surface area contributed by atoms with Crippen LogP contribution in [-0.4, -0.2) is 40.7 Å². The van der Waals surface area contributed by atoms with Crippen molar-refractivity contribution in [2.75, 3.05) is 18.0 Å². The van der Waals surface area contributed by atoms with Gasteiger partial charge in [0.05, 0.1) is 16.0 Å². The highest BCUT2D eigenvalue weighted by Crippen LogP contribution is 2.29. The highest BCUT2D eigenvalue weighted by molar-refractivity contribution is 6.33. The van der Waals surface area contributed by atoms with Crippen LogP contribution in [0.4, 0.5) is 16.3 Å². The number of carbonyl (C=O) groups excluding carboxylic acids is 1. The van der Waals surface area contributed by atoms with Crippen LogP contribution < -0.4 is 10.2 Å². The van der Waals surface area contributed by atoms with Gasteiger partial charge in [0.15, 0.2) is 0 Å². The van der Waals surface area contributed by atoms with Crippen LogP contribution in [0.2, 0.25) is 5.02 Å². The monoisotopic (exact) mass is 342 g/mol. The van der Waals surface area contributed by atoms with Gasteiger partial charge in [-0.25, -0.2) is 9.78 Å². The molecule has 9 heteroatoms. The molecule has 1 atom stereocenters. The summed E-state index contributed by atoms with van der Waals surface area (Å²) in [6.07, 6.45) is 1.43. The molecule has 1 aliphatic rings. The van der Waals surface area contributed by atoms with Crippen LogP contribution in [0, 0.1) is 10.1 Å². The van der Waals surface area contributed by atoms with Crippen molar-refractivity contribution in [1.29, 1.82) is 0 Å². The van der Waals surface area contributed by atoms with Crippen molar-refractivity contribution in [3.05, 3.63) is 27.4 Å². The number of nitro groups is 1. The number of anilines is 1. The number of ether oxygens (including phenoxy) is 1. The third-order valence-corrected chi connectivity index (χ3v) is 3.50. The average Bonchev–Trinajstić information content (AvgIpc) is 2.84. The number of nitrogens with one attached hydrogen (secondary N) is 1. The number of aromatic nitrogens is 1. The third-order valence-electron chi connectivity index (χ3n) is 3.23. The Hall–Kier alpha value is -2.09. The lowest BCUT2D eigenvalue weighted by Gasteiger charge is -2.22. The Kier molecular flexibility index (Phi) is 4.93. The van der Waals surface area contributed by atoms with Gasteiger partial charge in [-0.2, -0.15) is 0 Å². The predicted octanol–water partition coefficient (Wildman–Crippen LogP) is 2.75. The largest absolute Gasteiger partial charge is 0.444 e. The van der Waals surface area contributed by atoms with Crippen LogP contribution in [0.25, 0.3) is 0 Å². The first-order valence-electron chi connectivity index (χ1n) is 7.20. The van der Waals surface area contributed by atoms with Gasteiger partial charge in [-0.1, -0.05) is 11.6 Å². The zero-order valence-corrected chi connectivity index (χ0v) is 14.0. The lowest BCUT2D eigenvalue weighted by Crippen LogP contribution is -2.40. The summed E-state index contributed by atoms with van der Waals surface area (Å²) in [6, 6.07) is 1.19. The lowest BCUT2D eigenvalue weighted by molar-refractivity contribution is -0.385. The maximum atomic E-state index is 11.8. The normalized spacial score (nSPS) is 17.9. The molecule has 126 valence electrons. The van der Waals surface area contributed by atoms with E-state index in [0.717, 1.165) is 0 Å². The van der Waals surface area contributed by atoms with Crippen LogP contribution in [0.3, 0.4) is 0 Å². The van der Waals surface area contributed by atoms with Crippen molar-refractivity contribution >= 4 is 29.2 Å². The van der Waals surface area contributed by atoms with Gasteiger partial charge in [-0.05, 0) is 27.2 Å². The summed E-state index contributed by atoms with van der Waals surface area (Å²) >= 11 is 6.07. The second kappa shape index (κ2) is 6.57. The van der Waals surface area contributed by atoms with Gasteiger partial charge in [0, 0.05) is 19.2 Å². The molecule has 1 amide bonds. The first-order chi connectivity index (χ1) is 10.7. The maximum absolute atomic E-state index is 11.8. The molecule has 0 bridgehead atoms. The second-order valence-corrected chi connectivity index (χ2v) is 6.74. The minimum Gasteiger partial charge on any atom is -0.444 e. The van der Waals surface area contributed by atoms with Gasteiger partial charge in [0.25, 0.3) is 5.69 Å². The summed E-state index contributed by atoms with van der Waals surface area (Å²) in [7, 11) is 0. The Bertz CT molecular complexity index is 617. The quantitative estimate of drug-likeness (QED) is 0.670. The maximum Gasteiger partial charge on any atom is 0.407 e. The summed E-state index contributed by atoms with van der Waals surface area (Å²) in [5, 5.41) is 13.7. The highest BCUT2D eigenvalue weighted by atomic mass is 35.5. The van der Waals surface area contributed by atoms with Crippen LogP contribution in [-0.2, 0) is 4.74 Å². The van der Waals surface area contributed by atoms with Gasteiger partial charge < -0.3 is 15.0 Å². The molecule has 1 aliphatic heterocycles. The zero-order chi connectivity index (χ0) is 17.2. The number of carbonyl (C=O) groups is 1. The molecular weight excluding hydrogens is 324 g/mol. The Morgan fingerprint density at radius 2 is 2.26 bits per heavy atom. The van der Waals surface area contributed by atoms with E-state index in [0.29, 0.717) is 25.3 Å². The molecule has 0 unspecified atom stereocenters. The zero-order valence-electron chi connectivity index (χ0n) is 13.2. The van der Waals surface area contributed by atoms with Crippen molar-refractivity contribution < 1.29 is 14.5 Å². The van der Waals surface area contributed by atoms with Crippen LogP contribution >= 0.6 is 11.6 Å². The van der Waals surface area contributed by atoms with E-state index in [1.807, 2.05) is 4.90 Å². The minimum atomic E-state index is -0.550. The summed E-state index contributed by atoms with van der Waals surface area (Å²) in [5.74, 6) is 0.478. The molecule has 23 heavy (non-hydrogen) atoms. The molecule has 0 aliphatic carbocycles. The van der Waals surface area contributed by atoms with Gasteiger partial charge in [-0.15, -0.1) is 0 Å². The molecule has 0 aromatic carbocycles. The number of pyridine rings is 1. The molecule has 1 fully saturated rings. The number of hydrogen-bond donors (Lipinski definition) is 1. The Labute approximate surface area is 138 Å². The predicted molar refractivity (Wildman–Crippen MR) is 85.9 cm³/mol. The fourth-order valence-electron chi connectivity index (χ4n) is 2.30.